The summed E-state index contributed by atoms with van der Waals surface area (Å²) < 4.78 is 5.48. The number of aromatic nitrogens is 2. The van der Waals surface area contributed by atoms with Crippen LogP contribution in [-0.2, 0) is 5.60 Å². The van der Waals surface area contributed by atoms with E-state index in [4.69, 9.17) is 4.42 Å². The summed E-state index contributed by atoms with van der Waals surface area (Å²) in [4.78, 5) is 8.29. The first kappa shape index (κ1) is 14.7. The molecule has 0 spiro atoms. The van der Waals surface area contributed by atoms with Crippen LogP contribution >= 0.6 is 0 Å². The van der Waals surface area contributed by atoms with Crippen LogP contribution < -0.4 is 5.32 Å². The van der Waals surface area contributed by atoms with Gasteiger partial charge in [-0.25, -0.2) is 0 Å². The number of nitrogens with zero attached hydrogens (tertiary/aromatic N) is 2. The number of hydrogen-bond acceptors (Lipinski definition) is 5. The first-order chi connectivity index (χ1) is 9.40. The predicted octanol–water partition coefficient (Wildman–Crippen LogP) is 2.24. The monoisotopic (exact) mass is 275 g/mol. The van der Waals surface area contributed by atoms with E-state index in [9.17, 15) is 5.11 Å². The largest absolute Gasteiger partial charge is 0.466 e. The summed E-state index contributed by atoms with van der Waals surface area (Å²) in [5.41, 5.74) is 0.676. The maximum atomic E-state index is 10.6. The van der Waals surface area contributed by atoms with Gasteiger partial charge in [-0.2, -0.15) is 0 Å². The Balaban J connectivity index is 2.04. The quantitative estimate of drug-likeness (QED) is 0.875. The maximum Gasteiger partial charge on any atom is 0.107 e. The van der Waals surface area contributed by atoms with Crippen LogP contribution in [0.15, 0.2) is 29.1 Å². The summed E-state index contributed by atoms with van der Waals surface area (Å²) in [7, 11) is 0. The van der Waals surface area contributed by atoms with Crippen molar-refractivity contribution in [2.45, 2.75) is 39.3 Å². The molecule has 0 radical (unpaired) electrons. The van der Waals surface area contributed by atoms with Crippen LogP contribution in [0.25, 0.3) is 0 Å². The summed E-state index contributed by atoms with van der Waals surface area (Å²) >= 11 is 0. The minimum absolute atomic E-state index is 0.0171. The number of furan rings is 1. The van der Waals surface area contributed by atoms with Gasteiger partial charge in [0.15, 0.2) is 0 Å². The smallest absolute Gasteiger partial charge is 0.107 e. The lowest BCUT2D eigenvalue weighted by atomic mass is 9.96. The summed E-state index contributed by atoms with van der Waals surface area (Å²) in [6.07, 6.45) is 5.03. The van der Waals surface area contributed by atoms with E-state index in [1.54, 1.807) is 25.5 Å². The summed E-state index contributed by atoms with van der Waals surface area (Å²) in [6.45, 7) is 7.92. The van der Waals surface area contributed by atoms with Gasteiger partial charge in [0, 0.05) is 36.7 Å². The molecular formula is C15H21N3O2. The van der Waals surface area contributed by atoms with Crippen LogP contribution in [0.4, 0.5) is 0 Å². The van der Waals surface area contributed by atoms with Gasteiger partial charge in [-0.05, 0) is 33.8 Å². The zero-order valence-corrected chi connectivity index (χ0v) is 12.3. The van der Waals surface area contributed by atoms with Gasteiger partial charge < -0.3 is 14.8 Å². The van der Waals surface area contributed by atoms with Crippen molar-refractivity contribution in [3.8, 4) is 0 Å². The lowest BCUT2D eigenvalue weighted by molar-refractivity contribution is 0.0527. The number of aliphatic hydroxyl groups is 1. The van der Waals surface area contributed by atoms with Crippen molar-refractivity contribution in [1.29, 1.82) is 0 Å². The highest BCUT2D eigenvalue weighted by Crippen LogP contribution is 2.27. The molecule has 0 saturated carbocycles. The Labute approximate surface area is 119 Å². The topological polar surface area (TPSA) is 71.2 Å². The van der Waals surface area contributed by atoms with Gasteiger partial charge in [0.1, 0.15) is 17.1 Å². The normalized spacial score (nSPS) is 15.8. The van der Waals surface area contributed by atoms with Gasteiger partial charge in [-0.1, -0.05) is 0 Å². The molecule has 2 heterocycles. The third kappa shape index (κ3) is 3.23. The van der Waals surface area contributed by atoms with Crippen LogP contribution in [0.1, 0.15) is 42.7 Å². The minimum Gasteiger partial charge on any atom is -0.466 e. The fraction of sp³-hybridized carbons (Fsp3) is 0.467. The predicted molar refractivity (Wildman–Crippen MR) is 76.2 cm³/mol. The second kappa shape index (κ2) is 5.73. The average molecular weight is 275 g/mol. The molecule has 2 atom stereocenters. The van der Waals surface area contributed by atoms with Crippen LogP contribution in [0, 0.1) is 13.8 Å². The molecule has 0 aliphatic rings. The SMILES string of the molecule is Cc1cc(C(C)(O)CNC(C)c2cnccn2)c(C)o1. The fourth-order valence-electron chi connectivity index (χ4n) is 2.25. The van der Waals surface area contributed by atoms with Gasteiger partial charge in [0.25, 0.3) is 0 Å². The van der Waals surface area contributed by atoms with Crippen molar-refractivity contribution in [1.82, 2.24) is 15.3 Å². The second-order valence-electron chi connectivity index (χ2n) is 5.33. The van der Waals surface area contributed by atoms with Crippen molar-refractivity contribution in [3.63, 3.8) is 0 Å². The average Bonchev–Trinajstić information content (AvgIpc) is 2.77. The van der Waals surface area contributed by atoms with Crippen LogP contribution in [0.5, 0.6) is 0 Å². The molecule has 0 aliphatic carbocycles. The fourth-order valence-corrected chi connectivity index (χ4v) is 2.25. The third-order valence-corrected chi connectivity index (χ3v) is 3.40. The van der Waals surface area contributed by atoms with E-state index in [0.29, 0.717) is 6.54 Å². The standard InChI is InChI=1S/C15H21N3O2/c1-10-7-13(12(3)20-10)15(4,19)9-18-11(2)14-8-16-5-6-17-14/h5-8,11,18-19H,9H2,1-4H3. The van der Waals surface area contributed by atoms with E-state index < -0.39 is 5.60 Å². The van der Waals surface area contributed by atoms with E-state index in [2.05, 4.69) is 15.3 Å². The Morgan fingerprint density at radius 2 is 2.15 bits per heavy atom. The van der Waals surface area contributed by atoms with Gasteiger partial charge >= 0.3 is 0 Å². The van der Waals surface area contributed by atoms with E-state index in [0.717, 1.165) is 22.8 Å². The Morgan fingerprint density at radius 3 is 2.70 bits per heavy atom. The van der Waals surface area contributed by atoms with Crippen molar-refractivity contribution in [3.05, 3.63) is 47.4 Å². The molecule has 108 valence electrons. The molecule has 0 aromatic carbocycles. The zero-order valence-electron chi connectivity index (χ0n) is 12.3. The first-order valence-electron chi connectivity index (χ1n) is 6.69. The number of aryl methyl sites for hydroxylation is 2. The second-order valence-corrected chi connectivity index (χ2v) is 5.33. The molecule has 0 saturated heterocycles. The van der Waals surface area contributed by atoms with Crippen LogP contribution in [0.2, 0.25) is 0 Å². The Hall–Kier alpha value is -1.72. The molecular weight excluding hydrogens is 254 g/mol. The molecule has 0 amide bonds. The van der Waals surface area contributed by atoms with E-state index >= 15 is 0 Å². The molecule has 5 heteroatoms. The number of nitrogens with one attached hydrogen (secondary N) is 1. The van der Waals surface area contributed by atoms with Gasteiger partial charge in [0.2, 0.25) is 0 Å². The van der Waals surface area contributed by atoms with Crippen LogP contribution in [0.3, 0.4) is 0 Å². The lowest BCUT2D eigenvalue weighted by Gasteiger charge is -2.25. The molecule has 2 aromatic rings. The molecule has 0 aliphatic heterocycles. The Morgan fingerprint density at radius 1 is 1.40 bits per heavy atom. The minimum atomic E-state index is -0.988. The van der Waals surface area contributed by atoms with E-state index in [-0.39, 0.29) is 6.04 Å². The van der Waals surface area contributed by atoms with Crippen molar-refractivity contribution in [2.75, 3.05) is 6.54 Å². The molecule has 2 unspecified atom stereocenters. The molecule has 5 nitrogen and oxygen atoms in total. The van der Waals surface area contributed by atoms with Crippen molar-refractivity contribution >= 4 is 0 Å². The van der Waals surface area contributed by atoms with Gasteiger partial charge in [-0.3, -0.25) is 9.97 Å². The summed E-state index contributed by atoms with van der Waals surface area (Å²) in [6, 6.07) is 1.90. The lowest BCUT2D eigenvalue weighted by Crippen LogP contribution is -2.37. The number of rotatable bonds is 5. The highest BCUT2D eigenvalue weighted by molar-refractivity contribution is 5.27. The molecule has 2 N–H and O–H groups in total. The van der Waals surface area contributed by atoms with Crippen LogP contribution in [-0.4, -0.2) is 21.6 Å². The van der Waals surface area contributed by atoms with Gasteiger partial charge in [0.05, 0.1) is 5.69 Å². The maximum absolute atomic E-state index is 10.6. The summed E-state index contributed by atoms with van der Waals surface area (Å²) in [5.74, 6) is 1.56. The molecule has 2 aromatic heterocycles. The molecule has 2 rings (SSSR count). The van der Waals surface area contributed by atoms with Crippen molar-refractivity contribution < 1.29 is 9.52 Å². The summed E-state index contributed by atoms with van der Waals surface area (Å²) in [5, 5.41) is 13.9. The Bertz CT molecular complexity index is 564. The third-order valence-electron chi connectivity index (χ3n) is 3.40. The van der Waals surface area contributed by atoms with Crippen molar-refractivity contribution in [2.24, 2.45) is 0 Å². The first-order valence-corrected chi connectivity index (χ1v) is 6.69. The molecule has 0 fully saturated rings. The molecule has 0 bridgehead atoms. The highest BCUT2D eigenvalue weighted by Gasteiger charge is 2.28. The number of hydrogen-bond donors (Lipinski definition) is 2. The van der Waals surface area contributed by atoms with E-state index in [1.165, 1.54) is 0 Å². The van der Waals surface area contributed by atoms with E-state index in [1.807, 2.05) is 26.8 Å². The van der Waals surface area contributed by atoms with Gasteiger partial charge in [-0.15, -0.1) is 0 Å². The zero-order chi connectivity index (χ0) is 14.8. The highest BCUT2D eigenvalue weighted by atomic mass is 16.3. The Kier molecular flexibility index (Phi) is 4.20. The molecule has 20 heavy (non-hydrogen) atoms.